The highest BCUT2D eigenvalue weighted by atomic mass is 16.5. The molecule has 1 unspecified atom stereocenters. The number of methoxy groups -OCH3 is 1. The lowest BCUT2D eigenvalue weighted by Crippen LogP contribution is -2.31. The molecule has 1 aromatic rings. The Labute approximate surface area is 96.0 Å². The molecule has 2 aliphatic rings. The van der Waals surface area contributed by atoms with Gasteiger partial charge in [0.05, 0.1) is 12.8 Å². The smallest absolute Gasteiger partial charge is 0.145 e. The fourth-order valence-electron chi connectivity index (χ4n) is 2.76. The number of hydrogen-bond acceptors (Lipinski definition) is 3. The molecular weight excluding hydrogens is 200 g/mol. The van der Waals surface area contributed by atoms with Gasteiger partial charge in [-0.3, -0.25) is 0 Å². The molecule has 0 amide bonds. The van der Waals surface area contributed by atoms with E-state index < -0.39 is 0 Å². The molecule has 3 nitrogen and oxygen atoms in total. The summed E-state index contributed by atoms with van der Waals surface area (Å²) in [5.74, 6) is 1.72. The first-order chi connectivity index (χ1) is 7.81. The zero-order valence-corrected chi connectivity index (χ0v) is 9.62. The molecule has 1 atom stereocenters. The number of anilines is 1. The average Bonchev–Trinajstić information content (AvgIpc) is 3.12. The number of nitrogen functional groups attached to an aromatic ring is 1. The summed E-state index contributed by atoms with van der Waals surface area (Å²) in [4.78, 5) is 0. The second-order valence-electron chi connectivity index (χ2n) is 4.78. The van der Waals surface area contributed by atoms with Crippen LogP contribution in [-0.4, -0.2) is 13.7 Å². The van der Waals surface area contributed by atoms with Gasteiger partial charge in [0.25, 0.3) is 0 Å². The second kappa shape index (κ2) is 3.67. The summed E-state index contributed by atoms with van der Waals surface area (Å²) in [7, 11) is 1.71. The summed E-state index contributed by atoms with van der Waals surface area (Å²) >= 11 is 0. The number of ether oxygens (including phenoxy) is 1. The van der Waals surface area contributed by atoms with E-state index in [0.717, 1.165) is 30.3 Å². The minimum Gasteiger partial charge on any atom is -0.494 e. The van der Waals surface area contributed by atoms with Gasteiger partial charge in [0.2, 0.25) is 0 Å². The molecule has 0 spiro atoms. The molecule has 16 heavy (non-hydrogen) atoms. The molecule has 0 aromatic heterocycles. The number of nitrogens with one attached hydrogen (secondary N) is 1. The Morgan fingerprint density at radius 2 is 2.19 bits per heavy atom. The first kappa shape index (κ1) is 9.97. The topological polar surface area (TPSA) is 47.3 Å². The maximum Gasteiger partial charge on any atom is 0.145 e. The summed E-state index contributed by atoms with van der Waals surface area (Å²) in [6, 6.07) is 4.67. The zero-order valence-electron chi connectivity index (χ0n) is 9.62. The van der Waals surface area contributed by atoms with Crippen LogP contribution in [0.3, 0.4) is 0 Å². The molecule has 1 aliphatic carbocycles. The lowest BCUT2D eigenvalue weighted by Gasteiger charge is -2.28. The normalized spacial score (nSPS) is 23.9. The summed E-state index contributed by atoms with van der Waals surface area (Å²) in [5.41, 5.74) is 9.43. The standard InChI is InChI=1S/C13H18N2O/c1-16-13-10-6-7-15-12(8-2-3-8)9(10)4-5-11(13)14/h4-5,8,12,15H,2-3,6-7,14H2,1H3. The van der Waals surface area contributed by atoms with Gasteiger partial charge in [0, 0.05) is 11.6 Å². The van der Waals surface area contributed by atoms with E-state index >= 15 is 0 Å². The molecule has 1 saturated carbocycles. The van der Waals surface area contributed by atoms with E-state index in [1.165, 1.54) is 24.0 Å². The summed E-state index contributed by atoms with van der Waals surface area (Å²) < 4.78 is 5.44. The van der Waals surface area contributed by atoms with Crippen molar-refractivity contribution in [3.63, 3.8) is 0 Å². The van der Waals surface area contributed by atoms with Crippen LogP contribution >= 0.6 is 0 Å². The van der Waals surface area contributed by atoms with E-state index in [9.17, 15) is 0 Å². The van der Waals surface area contributed by atoms with Gasteiger partial charge >= 0.3 is 0 Å². The van der Waals surface area contributed by atoms with Crippen LogP contribution in [0, 0.1) is 5.92 Å². The molecule has 1 aromatic carbocycles. The number of hydrogen-bond donors (Lipinski definition) is 2. The predicted molar refractivity (Wildman–Crippen MR) is 64.6 cm³/mol. The second-order valence-corrected chi connectivity index (χ2v) is 4.78. The molecule has 1 aliphatic heterocycles. The van der Waals surface area contributed by atoms with Gasteiger partial charge < -0.3 is 15.8 Å². The van der Waals surface area contributed by atoms with Crippen LogP contribution in [0.25, 0.3) is 0 Å². The minimum atomic E-state index is 0.526. The third kappa shape index (κ3) is 1.47. The third-order valence-corrected chi connectivity index (χ3v) is 3.70. The molecule has 3 rings (SSSR count). The van der Waals surface area contributed by atoms with Crippen molar-refractivity contribution in [1.29, 1.82) is 0 Å². The van der Waals surface area contributed by atoms with Gasteiger partial charge in [0.1, 0.15) is 5.75 Å². The van der Waals surface area contributed by atoms with Crippen LogP contribution in [0.15, 0.2) is 12.1 Å². The van der Waals surface area contributed by atoms with E-state index in [1.54, 1.807) is 7.11 Å². The van der Waals surface area contributed by atoms with Gasteiger partial charge in [-0.05, 0) is 43.4 Å². The fourth-order valence-corrected chi connectivity index (χ4v) is 2.76. The Balaban J connectivity index is 2.07. The number of fused-ring (bicyclic) bond motifs is 1. The molecule has 1 fully saturated rings. The monoisotopic (exact) mass is 218 g/mol. The molecule has 0 saturated heterocycles. The first-order valence-corrected chi connectivity index (χ1v) is 6.00. The van der Waals surface area contributed by atoms with E-state index in [1.807, 2.05) is 6.07 Å². The van der Waals surface area contributed by atoms with Crippen LogP contribution in [0.2, 0.25) is 0 Å². The predicted octanol–water partition coefficient (Wildman–Crippen LogP) is 1.87. The minimum absolute atomic E-state index is 0.526. The highest BCUT2D eigenvalue weighted by Crippen LogP contribution is 2.45. The molecule has 1 heterocycles. The average molecular weight is 218 g/mol. The summed E-state index contributed by atoms with van der Waals surface area (Å²) in [6.07, 6.45) is 3.72. The van der Waals surface area contributed by atoms with Crippen molar-refractivity contribution in [2.24, 2.45) is 5.92 Å². The summed E-state index contributed by atoms with van der Waals surface area (Å²) in [6.45, 7) is 1.04. The number of benzene rings is 1. The van der Waals surface area contributed by atoms with Crippen LogP contribution in [0.1, 0.15) is 30.0 Å². The maximum absolute atomic E-state index is 5.95. The Kier molecular flexibility index (Phi) is 2.28. The molecule has 3 heteroatoms. The molecule has 86 valence electrons. The maximum atomic E-state index is 5.95. The fraction of sp³-hybridized carbons (Fsp3) is 0.538. The summed E-state index contributed by atoms with van der Waals surface area (Å²) in [5, 5.41) is 3.61. The SMILES string of the molecule is COc1c(N)ccc2c1CCNC2C1CC1. The number of rotatable bonds is 2. The van der Waals surface area contributed by atoms with Gasteiger partial charge in [-0.15, -0.1) is 0 Å². The van der Waals surface area contributed by atoms with Gasteiger partial charge in [-0.25, -0.2) is 0 Å². The van der Waals surface area contributed by atoms with Crippen LogP contribution in [0.4, 0.5) is 5.69 Å². The van der Waals surface area contributed by atoms with Crippen molar-refractivity contribution in [2.45, 2.75) is 25.3 Å². The lowest BCUT2D eigenvalue weighted by atomic mass is 9.90. The van der Waals surface area contributed by atoms with Crippen molar-refractivity contribution < 1.29 is 4.74 Å². The molecular formula is C13H18N2O. The van der Waals surface area contributed by atoms with Crippen molar-refractivity contribution in [3.8, 4) is 5.75 Å². The van der Waals surface area contributed by atoms with Gasteiger partial charge in [0.15, 0.2) is 0 Å². The molecule has 0 radical (unpaired) electrons. The highest BCUT2D eigenvalue weighted by molar-refractivity contribution is 5.60. The van der Waals surface area contributed by atoms with Gasteiger partial charge in [-0.1, -0.05) is 6.07 Å². The van der Waals surface area contributed by atoms with E-state index in [-0.39, 0.29) is 0 Å². The van der Waals surface area contributed by atoms with E-state index in [2.05, 4.69) is 11.4 Å². The largest absolute Gasteiger partial charge is 0.494 e. The molecule has 3 N–H and O–H groups in total. The van der Waals surface area contributed by atoms with Gasteiger partial charge in [-0.2, -0.15) is 0 Å². The van der Waals surface area contributed by atoms with Crippen molar-refractivity contribution in [3.05, 3.63) is 23.3 Å². The quantitative estimate of drug-likeness (QED) is 0.745. The van der Waals surface area contributed by atoms with Crippen molar-refractivity contribution in [1.82, 2.24) is 5.32 Å². The Morgan fingerprint density at radius 3 is 2.88 bits per heavy atom. The zero-order chi connectivity index (χ0) is 11.1. The van der Waals surface area contributed by atoms with Crippen LogP contribution in [0.5, 0.6) is 5.75 Å². The first-order valence-electron chi connectivity index (χ1n) is 6.00. The Hall–Kier alpha value is -1.22. The third-order valence-electron chi connectivity index (χ3n) is 3.70. The Bertz CT molecular complexity index is 413. The number of nitrogens with two attached hydrogens (primary N) is 1. The van der Waals surface area contributed by atoms with E-state index in [0.29, 0.717) is 6.04 Å². The lowest BCUT2D eigenvalue weighted by molar-refractivity contribution is 0.397. The molecule has 0 bridgehead atoms. The van der Waals surface area contributed by atoms with Crippen molar-refractivity contribution >= 4 is 5.69 Å². The Morgan fingerprint density at radius 1 is 1.38 bits per heavy atom. The van der Waals surface area contributed by atoms with Crippen LogP contribution in [-0.2, 0) is 6.42 Å². The van der Waals surface area contributed by atoms with E-state index in [4.69, 9.17) is 10.5 Å². The van der Waals surface area contributed by atoms with Crippen molar-refractivity contribution in [2.75, 3.05) is 19.4 Å². The highest BCUT2D eigenvalue weighted by Gasteiger charge is 2.35. The van der Waals surface area contributed by atoms with Crippen LogP contribution < -0.4 is 15.8 Å².